The van der Waals surface area contributed by atoms with Crippen molar-refractivity contribution in [3.63, 3.8) is 0 Å². The van der Waals surface area contributed by atoms with Crippen LogP contribution in [0.25, 0.3) is 0 Å². The maximum Gasteiger partial charge on any atom is 0.226 e. The van der Waals surface area contributed by atoms with E-state index in [-0.39, 0.29) is 17.4 Å². The van der Waals surface area contributed by atoms with Crippen molar-refractivity contribution >= 4 is 17.5 Å². The number of nitrogens with one attached hydrogen (secondary N) is 2. The normalized spacial score (nSPS) is 19.7. The van der Waals surface area contributed by atoms with Gasteiger partial charge in [0, 0.05) is 55.8 Å². The lowest BCUT2D eigenvalue weighted by molar-refractivity contribution is -0.116. The molecule has 8 heteroatoms. The van der Waals surface area contributed by atoms with Gasteiger partial charge in [-0.3, -0.25) is 4.79 Å². The molecule has 0 aliphatic carbocycles. The smallest absolute Gasteiger partial charge is 0.226 e. The second-order valence-electron chi connectivity index (χ2n) is 10.2. The molecule has 2 N–H and O–H groups in total. The predicted molar refractivity (Wildman–Crippen MR) is 127 cm³/mol. The molecule has 32 heavy (non-hydrogen) atoms. The number of imidazole rings is 1. The van der Waals surface area contributed by atoms with E-state index in [1.807, 2.05) is 0 Å². The van der Waals surface area contributed by atoms with Crippen molar-refractivity contribution < 1.29 is 4.79 Å². The van der Waals surface area contributed by atoms with Crippen molar-refractivity contribution in [3.8, 4) is 0 Å². The van der Waals surface area contributed by atoms with E-state index >= 15 is 0 Å². The molecule has 1 fully saturated rings. The number of carbonyl (C=O) groups is 1. The van der Waals surface area contributed by atoms with E-state index in [9.17, 15) is 4.79 Å². The first kappa shape index (κ1) is 22.7. The van der Waals surface area contributed by atoms with Crippen LogP contribution < -0.4 is 15.5 Å². The van der Waals surface area contributed by atoms with Crippen molar-refractivity contribution in [3.05, 3.63) is 29.6 Å². The summed E-state index contributed by atoms with van der Waals surface area (Å²) in [4.78, 5) is 28.2. The van der Waals surface area contributed by atoms with Crippen molar-refractivity contribution in [1.29, 1.82) is 0 Å². The molecule has 2 aliphatic heterocycles. The predicted octanol–water partition coefficient (Wildman–Crippen LogP) is 3.45. The third-order valence-electron chi connectivity index (χ3n) is 6.49. The maximum atomic E-state index is 11.9. The standard InChI is InChI=1S/C24H37N7O/c1-6-18-14-31(12-9-27-24(3,4)5)22(28-18)17-7-10-30(11-8-17)23-20-16(2)13-19(32)29-21(20)25-15-26-23/h14-17,27H,6-13H2,1-5H3,(H,25,26,29,32). The van der Waals surface area contributed by atoms with Gasteiger partial charge in [-0.2, -0.15) is 0 Å². The fourth-order valence-electron chi connectivity index (χ4n) is 4.82. The Hall–Kier alpha value is -2.48. The summed E-state index contributed by atoms with van der Waals surface area (Å²) in [5, 5.41) is 6.51. The third kappa shape index (κ3) is 4.95. The highest BCUT2D eigenvalue weighted by Crippen LogP contribution is 2.38. The Morgan fingerprint density at radius 1 is 1.22 bits per heavy atom. The number of anilines is 2. The second kappa shape index (κ2) is 9.17. The number of aryl methyl sites for hydroxylation is 1. The van der Waals surface area contributed by atoms with Crippen molar-refractivity contribution in [1.82, 2.24) is 24.8 Å². The van der Waals surface area contributed by atoms with Crippen LogP contribution in [0.2, 0.25) is 0 Å². The molecule has 1 saturated heterocycles. The number of piperidine rings is 1. The summed E-state index contributed by atoms with van der Waals surface area (Å²) in [7, 11) is 0. The fourth-order valence-corrected chi connectivity index (χ4v) is 4.82. The molecular weight excluding hydrogens is 402 g/mol. The summed E-state index contributed by atoms with van der Waals surface area (Å²) in [5.74, 6) is 3.50. The van der Waals surface area contributed by atoms with E-state index in [2.05, 4.69) is 70.9 Å². The number of rotatable bonds is 6. The largest absolute Gasteiger partial charge is 0.356 e. The minimum Gasteiger partial charge on any atom is -0.356 e. The van der Waals surface area contributed by atoms with Crippen LogP contribution in [0, 0.1) is 0 Å². The molecule has 1 atom stereocenters. The van der Waals surface area contributed by atoms with E-state index < -0.39 is 0 Å². The first-order valence-corrected chi connectivity index (χ1v) is 12.0. The average Bonchev–Trinajstić information content (AvgIpc) is 3.15. The Kier molecular flexibility index (Phi) is 6.51. The molecule has 2 aromatic heterocycles. The Labute approximate surface area is 191 Å². The fraction of sp³-hybridized carbons (Fsp3) is 0.667. The molecule has 0 radical (unpaired) electrons. The highest BCUT2D eigenvalue weighted by atomic mass is 16.1. The van der Waals surface area contributed by atoms with Gasteiger partial charge in [0.25, 0.3) is 0 Å². The molecule has 2 aliphatic rings. The number of hydrogen-bond donors (Lipinski definition) is 2. The lowest BCUT2D eigenvalue weighted by Gasteiger charge is -2.35. The summed E-state index contributed by atoms with van der Waals surface area (Å²) < 4.78 is 2.36. The zero-order valence-electron chi connectivity index (χ0n) is 20.1. The van der Waals surface area contributed by atoms with E-state index in [0.29, 0.717) is 18.2 Å². The van der Waals surface area contributed by atoms with Crippen LogP contribution in [-0.2, 0) is 17.8 Å². The van der Waals surface area contributed by atoms with Crippen LogP contribution >= 0.6 is 0 Å². The zero-order chi connectivity index (χ0) is 22.9. The lowest BCUT2D eigenvalue weighted by Crippen LogP contribution is -2.38. The SMILES string of the molecule is CCc1cn(CCNC(C)(C)C)c(C2CCN(c3ncnc4c3C(C)CC(=O)N4)CC2)n1. The van der Waals surface area contributed by atoms with E-state index in [0.717, 1.165) is 56.8 Å². The van der Waals surface area contributed by atoms with E-state index in [4.69, 9.17) is 4.98 Å². The second-order valence-corrected chi connectivity index (χ2v) is 10.2. The average molecular weight is 440 g/mol. The summed E-state index contributed by atoms with van der Waals surface area (Å²) in [5.41, 5.74) is 2.37. The van der Waals surface area contributed by atoms with Crippen molar-refractivity contribution in [2.75, 3.05) is 29.9 Å². The maximum absolute atomic E-state index is 11.9. The minimum atomic E-state index is 0.0351. The first-order valence-electron chi connectivity index (χ1n) is 12.0. The van der Waals surface area contributed by atoms with Crippen molar-refractivity contribution in [2.24, 2.45) is 0 Å². The molecule has 0 bridgehead atoms. The number of nitrogens with zero attached hydrogens (tertiary/aromatic N) is 5. The van der Waals surface area contributed by atoms with E-state index in [1.165, 1.54) is 11.5 Å². The summed E-state index contributed by atoms with van der Waals surface area (Å²) in [6.45, 7) is 14.6. The number of amides is 1. The molecule has 0 aromatic carbocycles. The quantitative estimate of drug-likeness (QED) is 0.717. The van der Waals surface area contributed by atoms with Gasteiger partial charge in [-0.25, -0.2) is 15.0 Å². The van der Waals surface area contributed by atoms with Crippen LogP contribution in [-0.4, -0.2) is 50.6 Å². The van der Waals surface area contributed by atoms with Gasteiger partial charge in [0.1, 0.15) is 23.8 Å². The molecule has 1 amide bonds. The van der Waals surface area contributed by atoms with Gasteiger partial charge in [-0.1, -0.05) is 13.8 Å². The molecule has 1 unspecified atom stereocenters. The van der Waals surface area contributed by atoms with Crippen LogP contribution in [0.1, 0.15) is 82.8 Å². The van der Waals surface area contributed by atoms with Gasteiger partial charge < -0.3 is 20.1 Å². The number of hydrogen-bond acceptors (Lipinski definition) is 6. The molecule has 4 heterocycles. The summed E-state index contributed by atoms with van der Waals surface area (Å²) >= 11 is 0. The Bertz CT molecular complexity index is 954. The minimum absolute atomic E-state index is 0.0351. The molecule has 174 valence electrons. The Balaban J connectivity index is 1.46. The summed E-state index contributed by atoms with van der Waals surface area (Å²) in [6, 6.07) is 0. The molecule has 0 spiro atoms. The molecule has 4 rings (SSSR count). The first-order chi connectivity index (χ1) is 15.2. The van der Waals surface area contributed by atoms with Gasteiger partial charge in [0.05, 0.1) is 5.69 Å². The third-order valence-corrected chi connectivity index (χ3v) is 6.49. The highest BCUT2D eigenvalue weighted by Gasteiger charge is 2.31. The lowest BCUT2D eigenvalue weighted by atomic mass is 9.92. The van der Waals surface area contributed by atoms with Crippen LogP contribution in [0.4, 0.5) is 11.6 Å². The number of fused-ring (bicyclic) bond motifs is 1. The van der Waals surface area contributed by atoms with Gasteiger partial charge in [0.15, 0.2) is 0 Å². The topological polar surface area (TPSA) is 88.0 Å². The molecule has 8 nitrogen and oxygen atoms in total. The van der Waals surface area contributed by atoms with Crippen molar-refractivity contribution in [2.45, 2.75) is 84.2 Å². The zero-order valence-corrected chi connectivity index (χ0v) is 20.1. The van der Waals surface area contributed by atoms with Crippen LogP contribution in [0.5, 0.6) is 0 Å². The van der Waals surface area contributed by atoms with Gasteiger partial charge in [0.2, 0.25) is 5.91 Å². The van der Waals surface area contributed by atoms with Crippen LogP contribution in [0.3, 0.4) is 0 Å². The number of aromatic nitrogens is 4. The van der Waals surface area contributed by atoms with Gasteiger partial charge in [-0.15, -0.1) is 0 Å². The highest BCUT2D eigenvalue weighted by molar-refractivity contribution is 5.94. The molecule has 2 aromatic rings. The monoisotopic (exact) mass is 439 g/mol. The van der Waals surface area contributed by atoms with E-state index in [1.54, 1.807) is 6.33 Å². The van der Waals surface area contributed by atoms with Gasteiger partial charge >= 0.3 is 0 Å². The summed E-state index contributed by atoms with van der Waals surface area (Å²) in [6.07, 6.45) is 7.35. The van der Waals surface area contributed by atoms with Crippen LogP contribution in [0.15, 0.2) is 12.5 Å². The van der Waals surface area contributed by atoms with Gasteiger partial charge in [-0.05, 0) is 46.0 Å². The number of carbonyl (C=O) groups excluding carboxylic acids is 1. The Morgan fingerprint density at radius 2 is 1.97 bits per heavy atom. The Morgan fingerprint density at radius 3 is 2.66 bits per heavy atom. The molecule has 0 saturated carbocycles. The molecular formula is C24H37N7O.